The first-order valence-corrected chi connectivity index (χ1v) is 13.2. The summed E-state index contributed by atoms with van der Waals surface area (Å²) in [6.45, 7) is 2.51. The van der Waals surface area contributed by atoms with E-state index in [4.69, 9.17) is 4.74 Å². The van der Waals surface area contributed by atoms with E-state index in [1.54, 1.807) is 36.2 Å². The van der Waals surface area contributed by atoms with Crippen molar-refractivity contribution in [3.8, 4) is 5.75 Å². The number of methoxy groups -OCH3 is 1. The summed E-state index contributed by atoms with van der Waals surface area (Å²) in [5.74, 6) is 0.0587. The van der Waals surface area contributed by atoms with Crippen molar-refractivity contribution in [1.82, 2.24) is 14.9 Å². The first-order chi connectivity index (χ1) is 17.4. The minimum atomic E-state index is -1.07. The predicted molar refractivity (Wildman–Crippen MR) is 138 cm³/mol. The Kier molecular flexibility index (Phi) is 8.77. The lowest BCUT2D eigenvalue weighted by atomic mass is 9.71. The Hall–Kier alpha value is -2.75. The Labute approximate surface area is 214 Å². The molecule has 7 nitrogen and oxygen atoms in total. The normalized spacial score (nSPS) is 16.6. The van der Waals surface area contributed by atoms with Gasteiger partial charge in [0, 0.05) is 29.4 Å². The number of piperidine rings is 1. The van der Waals surface area contributed by atoms with Crippen LogP contribution < -0.4 is 4.74 Å². The van der Waals surface area contributed by atoms with Gasteiger partial charge in [0.1, 0.15) is 11.6 Å². The average molecular weight is 514 g/mol. The van der Waals surface area contributed by atoms with Crippen LogP contribution >= 0.6 is 11.8 Å². The number of aliphatic carboxylic acids is 1. The van der Waals surface area contributed by atoms with Gasteiger partial charge in [0.2, 0.25) is 0 Å². The van der Waals surface area contributed by atoms with Crippen LogP contribution in [0.5, 0.6) is 5.75 Å². The van der Waals surface area contributed by atoms with Gasteiger partial charge < -0.3 is 19.8 Å². The van der Waals surface area contributed by atoms with Crippen molar-refractivity contribution in [1.29, 1.82) is 0 Å². The third-order valence-electron chi connectivity index (χ3n) is 7.09. The molecule has 2 aromatic heterocycles. The topological polar surface area (TPSA) is 95.8 Å². The molecule has 0 bridgehead atoms. The average Bonchev–Trinajstić information content (AvgIpc) is 2.88. The van der Waals surface area contributed by atoms with Crippen molar-refractivity contribution in [2.24, 2.45) is 5.41 Å². The van der Waals surface area contributed by atoms with E-state index >= 15 is 0 Å². The molecule has 1 aliphatic rings. The highest BCUT2D eigenvalue weighted by Gasteiger charge is 2.37. The molecule has 1 saturated heterocycles. The van der Waals surface area contributed by atoms with Gasteiger partial charge in [-0.25, -0.2) is 9.37 Å². The number of aromatic nitrogens is 2. The molecule has 9 heteroatoms. The van der Waals surface area contributed by atoms with Crippen molar-refractivity contribution >= 4 is 28.6 Å². The van der Waals surface area contributed by atoms with Crippen LogP contribution in [0.3, 0.4) is 0 Å². The van der Waals surface area contributed by atoms with Crippen molar-refractivity contribution in [3.63, 3.8) is 0 Å². The van der Waals surface area contributed by atoms with Gasteiger partial charge in [-0.3, -0.25) is 9.78 Å². The van der Waals surface area contributed by atoms with Crippen molar-refractivity contribution in [2.45, 2.75) is 43.2 Å². The van der Waals surface area contributed by atoms with Crippen molar-refractivity contribution < 1.29 is 24.1 Å². The number of nitrogens with zero attached hydrogens (tertiary/aromatic N) is 3. The molecule has 4 rings (SSSR count). The lowest BCUT2D eigenvalue weighted by Gasteiger charge is -2.41. The molecular weight excluding hydrogens is 481 g/mol. The number of aliphatic hydroxyl groups excluding tert-OH is 1. The number of hydrogen-bond donors (Lipinski definition) is 2. The van der Waals surface area contributed by atoms with E-state index in [1.807, 2.05) is 18.2 Å². The second kappa shape index (κ2) is 12.0. The highest BCUT2D eigenvalue weighted by Crippen LogP contribution is 2.42. The number of ether oxygens (including phenoxy) is 1. The number of benzene rings is 1. The smallest absolute Gasteiger partial charge is 0.303 e. The van der Waals surface area contributed by atoms with Gasteiger partial charge in [0.05, 0.1) is 36.4 Å². The maximum absolute atomic E-state index is 14.8. The fourth-order valence-electron chi connectivity index (χ4n) is 5.02. The summed E-state index contributed by atoms with van der Waals surface area (Å²) in [7, 11) is 1.53. The van der Waals surface area contributed by atoms with Gasteiger partial charge in [0.15, 0.2) is 0 Å². The molecule has 1 fully saturated rings. The number of carbonyl (C=O) groups is 1. The molecule has 0 spiro atoms. The van der Waals surface area contributed by atoms with Crippen LogP contribution in [0.1, 0.15) is 43.8 Å². The Morgan fingerprint density at radius 3 is 2.75 bits per heavy atom. The number of aliphatic hydroxyl groups is 1. The Morgan fingerprint density at radius 1 is 1.25 bits per heavy atom. The fraction of sp³-hybridized carbons (Fsp3) is 0.444. The SMILES string of the molecule is COc1ccc2ncc(F)c([C@H](O)CCC3(CC(=O)O)CCN(CCSc4ccccn4)CC3)c2c1. The van der Waals surface area contributed by atoms with Gasteiger partial charge >= 0.3 is 5.97 Å². The summed E-state index contributed by atoms with van der Waals surface area (Å²) in [5, 5.41) is 22.2. The third kappa shape index (κ3) is 6.52. The number of hydrogen-bond acceptors (Lipinski definition) is 7. The predicted octanol–water partition coefficient (Wildman–Crippen LogP) is 4.94. The number of likely N-dealkylation sites (tertiary alicyclic amines) is 1. The molecular formula is C27H32FN3O4S. The molecule has 1 aliphatic heterocycles. The number of carboxylic acids is 1. The molecule has 0 unspecified atom stereocenters. The first kappa shape index (κ1) is 26.3. The van der Waals surface area contributed by atoms with Crippen LogP contribution in [0.4, 0.5) is 4.39 Å². The molecule has 36 heavy (non-hydrogen) atoms. The lowest BCUT2D eigenvalue weighted by molar-refractivity contribution is -0.141. The Bertz CT molecular complexity index is 1170. The fourth-order valence-corrected chi connectivity index (χ4v) is 5.89. The second-order valence-corrected chi connectivity index (χ2v) is 10.5. The van der Waals surface area contributed by atoms with Gasteiger partial charge in [0.25, 0.3) is 0 Å². The Morgan fingerprint density at radius 2 is 2.06 bits per heavy atom. The summed E-state index contributed by atoms with van der Waals surface area (Å²) < 4.78 is 20.1. The van der Waals surface area contributed by atoms with Crippen molar-refractivity contribution in [3.05, 3.63) is 60.2 Å². The molecule has 0 amide bonds. The van der Waals surface area contributed by atoms with E-state index < -0.39 is 23.3 Å². The van der Waals surface area contributed by atoms with Gasteiger partial charge in [-0.05, 0) is 74.5 Å². The molecule has 2 N–H and O–H groups in total. The monoisotopic (exact) mass is 513 g/mol. The molecule has 3 aromatic rings. The number of rotatable bonds is 11. The first-order valence-electron chi connectivity index (χ1n) is 12.2. The lowest BCUT2D eigenvalue weighted by Crippen LogP contribution is -2.42. The summed E-state index contributed by atoms with van der Waals surface area (Å²) in [6.07, 6.45) is 4.13. The number of fused-ring (bicyclic) bond motifs is 1. The minimum Gasteiger partial charge on any atom is -0.497 e. The van der Waals surface area contributed by atoms with E-state index in [1.165, 1.54) is 7.11 Å². The molecule has 0 saturated carbocycles. The Balaban J connectivity index is 1.39. The van der Waals surface area contributed by atoms with Crippen LogP contribution in [-0.4, -0.2) is 63.5 Å². The van der Waals surface area contributed by atoms with Gasteiger partial charge in [-0.1, -0.05) is 6.07 Å². The third-order valence-corrected chi connectivity index (χ3v) is 8.01. The molecule has 0 radical (unpaired) electrons. The maximum Gasteiger partial charge on any atom is 0.303 e. The van der Waals surface area contributed by atoms with Crippen LogP contribution in [0.25, 0.3) is 10.9 Å². The van der Waals surface area contributed by atoms with E-state index in [2.05, 4.69) is 14.9 Å². The largest absolute Gasteiger partial charge is 0.497 e. The zero-order chi connectivity index (χ0) is 25.5. The van der Waals surface area contributed by atoms with Crippen LogP contribution in [-0.2, 0) is 4.79 Å². The van der Waals surface area contributed by atoms with Crippen molar-refractivity contribution in [2.75, 3.05) is 32.5 Å². The number of carboxylic acid groups (broad SMARTS) is 1. The zero-order valence-corrected chi connectivity index (χ0v) is 21.2. The molecule has 0 aliphatic carbocycles. The number of pyridine rings is 2. The van der Waals surface area contributed by atoms with Gasteiger partial charge in [-0.15, -0.1) is 11.8 Å². The molecule has 1 aromatic carbocycles. The van der Waals surface area contributed by atoms with Crippen LogP contribution in [0.15, 0.2) is 53.8 Å². The summed E-state index contributed by atoms with van der Waals surface area (Å²) in [5.41, 5.74) is 0.339. The van der Waals surface area contributed by atoms with E-state index in [0.717, 1.165) is 49.5 Å². The molecule has 1 atom stereocenters. The van der Waals surface area contributed by atoms with Gasteiger partial charge in [-0.2, -0.15) is 0 Å². The number of thioether (sulfide) groups is 1. The zero-order valence-electron chi connectivity index (χ0n) is 20.4. The van der Waals surface area contributed by atoms with Crippen LogP contribution in [0.2, 0.25) is 0 Å². The highest BCUT2D eigenvalue weighted by molar-refractivity contribution is 7.99. The number of halogens is 1. The van der Waals surface area contributed by atoms with E-state index in [9.17, 15) is 19.4 Å². The molecule has 192 valence electrons. The second-order valence-electron chi connectivity index (χ2n) is 9.39. The quantitative estimate of drug-likeness (QED) is 0.348. The van der Waals surface area contributed by atoms with Crippen LogP contribution in [0, 0.1) is 11.2 Å². The maximum atomic E-state index is 14.8. The minimum absolute atomic E-state index is 0.0453. The molecule has 3 heterocycles. The highest BCUT2D eigenvalue weighted by atomic mass is 32.2. The summed E-state index contributed by atoms with van der Waals surface area (Å²) in [4.78, 5) is 22.5. The summed E-state index contributed by atoms with van der Waals surface area (Å²) in [6, 6.07) is 11.0. The van der Waals surface area contributed by atoms with E-state index in [-0.39, 0.29) is 18.4 Å². The summed E-state index contributed by atoms with van der Waals surface area (Å²) >= 11 is 1.71. The van der Waals surface area contributed by atoms with E-state index in [0.29, 0.717) is 23.1 Å². The standard InChI is InChI=1S/C27H32FN3O4S/c1-35-19-5-6-22-20(16-19)26(21(28)18-30-22)23(32)7-8-27(17-25(33)34)9-12-31(13-10-27)14-15-36-24-4-2-3-11-29-24/h2-6,11,16,18,23,32H,7-10,12-15,17H2,1H3,(H,33,34)/t23-/m1/s1.